The molecule has 46 valence electrons. The minimum absolute atomic E-state index is 0.867. The Morgan fingerprint density at radius 1 is 0.778 bits per heavy atom. The van der Waals surface area contributed by atoms with Crippen molar-refractivity contribution in [2.75, 3.05) is 0 Å². The summed E-state index contributed by atoms with van der Waals surface area (Å²) in [5, 5.41) is 0. The molecule has 0 nitrogen and oxygen atoms in total. The molecule has 2 aliphatic rings. The van der Waals surface area contributed by atoms with E-state index in [1.54, 1.807) is 0 Å². The van der Waals surface area contributed by atoms with Gasteiger partial charge in [0.2, 0.25) is 0 Å². The van der Waals surface area contributed by atoms with Crippen LogP contribution in [-0.2, 0) is 0 Å². The number of rotatable bonds is 0. The van der Waals surface area contributed by atoms with Crippen LogP contribution in [0.15, 0.2) is 36.5 Å². The monoisotopic (exact) mass is 118 g/mol. The summed E-state index contributed by atoms with van der Waals surface area (Å²) in [5.41, 5.74) is 0. The van der Waals surface area contributed by atoms with E-state index in [0.29, 0.717) is 0 Å². The first-order valence-corrected chi connectivity index (χ1v) is 3.48. The second-order valence-electron chi connectivity index (χ2n) is 2.72. The Kier molecular flexibility index (Phi) is 1.05. The fourth-order valence-electron chi connectivity index (χ4n) is 1.22. The Balaban J connectivity index is 2.19. The van der Waals surface area contributed by atoms with Crippen LogP contribution in [0.2, 0.25) is 0 Å². The van der Waals surface area contributed by atoms with Crippen molar-refractivity contribution >= 4 is 0 Å². The van der Waals surface area contributed by atoms with Gasteiger partial charge in [-0.3, -0.25) is 0 Å². The van der Waals surface area contributed by atoms with Crippen LogP contribution in [0.5, 0.6) is 0 Å². The largest absolute Gasteiger partial charge is 0.0808 e. The van der Waals surface area contributed by atoms with Crippen molar-refractivity contribution < 1.29 is 0 Å². The van der Waals surface area contributed by atoms with E-state index in [0.717, 1.165) is 11.8 Å². The number of allylic oxidation sites excluding steroid dienone is 6. The number of fused-ring (bicyclic) bond motifs is 1. The highest BCUT2D eigenvalue weighted by molar-refractivity contribution is 5.21. The predicted octanol–water partition coefficient (Wildman–Crippen LogP) is 2.30. The lowest BCUT2D eigenvalue weighted by atomic mass is 10.2. The van der Waals surface area contributed by atoms with E-state index < -0.39 is 0 Å². The molecule has 1 saturated carbocycles. The van der Waals surface area contributed by atoms with Gasteiger partial charge in [-0.25, -0.2) is 0 Å². The van der Waals surface area contributed by atoms with E-state index in [1.165, 1.54) is 6.42 Å². The van der Waals surface area contributed by atoms with Crippen molar-refractivity contribution in [1.82, 2.24) is 0 Å². The summed E-state index contributed by atoms with van der Waals surface area (Å²) >= 11 is 0. The molecular formula is C9H10. The fraction of sp³-hybridized carbons (Fsp3) is 0.333. The van der Waals surface area contributed by atoms with Gasteiger partial charge in [0.25, 0.3) is 0 Å². The maximum Gasteiger partial charge on any atom is -0.0161 e. The summed E-state index contributed by atoms with van der Waals surface area (Å²) in [4.78, 5) is 0. The minimum atomic E-state index is 0.867. The highest BCUT2D eigenvalue weighted by Crippen LogP contribution is 2.41. The van der Waals surface area contributed by atoms with Crippen LogP contribution in [0.3, 0.4) is 0 Å². The van der Waals surface area contributed by atoms with Gasteiger partial charge in [0, 0.05) is 0 Å². The molecule has 0 saturated heterocycles. The first kappa shape index (κ1) is 5.04. The third-order valence-corrected chi connectivity index (χ3v) is 1.94. The Morgan fingerprint density at radius 2 is 1.33 bits per heavy atom. The lowest BCUT2D eigenvalue weighted by molar-refractivity contribution is 0.993. The van der Waals surface area contributed by atoms with Gasteiger partial charge in [-0.05, 0) is 18.3 Å². The third-order valence-electron chi connectivity index (χ3n) is 1.94. The summed E-state index contributed by atoms with van der Waals surface area (Å²) in [6.45, 7) is 0. The normalized spacial score (nSPS) is 48.0. The quantitative estimate of drug-likeness (QED) is 0.458. The Hall–Kier alpha value is -0.780. The van der Waals surface area contributed by atoms with Crippen LogP contribution in [0.25, 0.3) is 0 Å². The maximum atomic E-state index is 2.30. The molecule has 0 N–H and O–H groups in total. The number of hydrogen-bond donors (Lipinski definition) is 0. The maximum absolute atomic E-state index is 2.30. The molecule has 0 spiro atoms. The van der Waals surface area contributed by atoms with Crippen molar-refractivity contribution in [3.8, 4) is 0 Å². The molecule has 0 heterocycles. The fourth-order valence-corrected chi connectivity index (χ4v) is 1.22. The van der Waals surface area contributed by atoms with Gasteiger partial charge in [0.15, 0.2) is 0 Å². The third kappa shape index (κ3) is 0.973. The molecule has 0 unspecified atom stereocenters. The van der Waals surface area contributed by atoms with Gasteiger partial charge in [0.1, 0.15) is 0 Å². The average molecular weight is 118 g/mol. The highest BCUT2D eigenvalue weighted by atomic mass is 14.4. The van der Waals surface area contributed by atoms with Crippen LogP contribution in [0, 0.1) is 11.8 Å². The van der Waals surface area contributed by atoms with E-state index in [1.807, 2.05) is 0 Å². The zero-order valence-electron chi connectivity index (χ0n) is 5.33. The van der Waals surface area contributed by atoms with Crippen LogP contribution in [-0.4, -0.2) is 0 Å². The van der Waals surface area contributed by atoms with E-state index in [9.17, 15) is 0 Å². The van der Waals surface area contributed by atoms with E-state index in [-0.39, 0.29) is 0 Å². The van der Waals surface area contributed by atoms with Crippen LogP contribution < -0.4 is 0 Å². The Morgan fingerprint density at radius 3 is 1.89 bits per heavy atom. The van der Waals surface area contributed by atoms with Crippen LogP contribution >= 0.6 is 0 Å². The summed E-state index contributed by atoms with van der Waals surface area (Å²) in [5.74, 6) is 1.73. The van der Waals surface area contributed by atoms with Gasteiger partial charge in [-0.2, -0.15) is 0 Å². The molecule has 0 radical (unpaired) electrons. The van der Waals surface area contributed by atoms with E-state index in [2.05, 4.69) is 36.5 Å². The molecule has 2 atom stereocenters. The molecule has 9 heavy (non-hydrogen) atoms. The molecule has 2 aliphatic carbocycles. The van der Waals surface area contributed by atoms with Gasteiger partial charge in [0.05, 0.1) is 0 Å². The Labute approximate surface area is 55.6 Å². The molecule has 0 aromatic heterocycles. The van der Waals surface area contributed by atoms with Crippen molar-refractivity contribution in [2.24, 2.45) is 11.8 Å². The average Bonchev–Trinajstić information content (AvgIpc) is 2.46. The molecule has 0 aliphatic heterocycles. The van der Waals surface area contributed by atoms with Gasteiger partial charge >= 0.3 is 0 Å². The molecule has 0 bridgehead atoms. The molecule has 0 heteroatoms. The van der Waals surface area contributed by atoms with E-state index >= 15 is 0 Å². The first-order chi connectivity index (χ1) is 4.47. The molecule has 0 aromatic carbocycles. The number of hydrogen-bond acceptors (Lipinski definition) is 0. The minimum Gasteiger partial charge on any atom is -0.0808 e. The van der Waals surface area contributed by atoms with Crippen molar-refractivity contribution in [3.05, 3.63) is 36.5 Å². The summed E-state index contributed by atoms with van der Waals surface area (Å²) < 4.78 is 0. The standard InChI is InChI=1S/C9H10/c1-2-4-6-9-7-8(9)5-3-1/h1-6,8-9H,7H2/b2-1-,5-3-,6-4-/t8-,9-/m1/s1. The molecule has 1 fully saturated rings. The SMILES string of the molecule is C1=C\C=C/[C@@H]2C[C@H]2\C=C/1. The zero-order valence-corrected chi connectivity index (χ0v) is 5.33. The summed E-state index contributed by atoms with van der Waals surface area (Å²) in [7, 11) is 0. The van der Waals surface area contributed by atoms with Crippen molar-refractivity contribution in [2.45, 2.75) is 6.42 Å². The van der Waals surface area contributed by atoms with Crippen LogP contribution in [0.1, 0.15) is 6.42 Å². The second kappa shape index (κ2) is 1.87. The predicted molar refractivity (Wildman–Crippen MR) is 39.0 cm³/mol. The van der Waals surface area contributed by atoms with Gasteiger partial charge < -0.3 is 0 Å². The second-order valence-corrected chi connectivity index (χ2v) is 2.72. The first-order valence-electron chi connectivity index (χ1n) is 3.48. The topological polar surface area (TPSA) is 0 Å². The lowest BCUT2D eigenvalue weighted by Gasteiger charge is -1.85. The smallest absolute Gasteiger partial charge is 0.0161 e. The van der Waals surface area contributed by atoms with Crippen molar-refractivity contribution in [1.29, 1.82) is 0 Å². The molecule has 0 amide bonds. The summed E-state index contributed by atoms with van der Waals surface area (Å²) in [6, 6.07) is 0. The summed E-state index contributed by atoms with van der Waals surface area (Å²) in [6.07, 6.45) is 14.4. The van der Waals surface area contributed by atoms with E-state index in [4.69, 9.17) is 0 Å². The van der Waals surface area contributed by atoms with Crippen molar-refractivity contribution in [3.63, 3.8) is 0 Å². The molecule has 2 rings (SSSR count). The lowest BCUT2D eigenvalue weighted by Crippen LogP contribution is -1.72. The molecular weight excluding hydrogens is 108 g/mol. The highest BCUT2D eigenvalue weighted by Gasteiger charge is 2.31. The zero-order chi connectivity index (χ0) is 6.10. The van der Waals surface area contributed by atoms with Crippen LogP contribution in [0.4, 0.5) is 0 Å². The van der Waals surface area contributed by atoms with Gasteiger partial charge in [-0.15, -0.1) is 0 Å². The van der Waals surface area contributed by atoms with Gasteiger partial charge in [-0.1, -0.05) is 36.5 Å². The molecule has 0 aromatic rings. The Bertz CT molecular complexity index is 164.